The highest BCUT2D eigenvalue weighted by Gasteiger charge is 2.33. The number of amides is 3. The van der Waals surface area contributed by atoms with Gasteiger partial charge in [0.05, 0.1) is 6.04 Å². The Kier molecular flexibility index (Phi) is 11.1. The summed E-state index contributed by atoms with van der Waals surface area (Å²) in [4.78, 5) is 60.6. The van der Waals surface area contributed by atoms with Crippen LogP contribution in [0.2, 0.25) is 0 Å². The van der Waals surface area contributed by atoms with Gasteiger partial charge in [0, 0.05) is 6.42 Å². The van der Waals surface area contributed by atoms with Crippen LogP contribution in [0, 0.1) is 11.8 Å². The van der Waals surface area contributed by atoms with Crippen molar-refractivity contribution in [2.75, 3.05) is 6.54 Å². The molecule has 0 spiro atoms. The lowest BCUT2D eigenvalue weighted by atomic mass is 9.99. The van der Waals surface area contributed by atoms with Crippen molar-refractivity contribution >= 4 is 29.7 Å². The molecular formula is C21H36N4O7. The van der Waals surface area contributed by atoms with Crippen molar-refractivity contribution in [2.24, 2.45) is 11.8 Å². The summed E-state index contributed by atoms with van der Waals surface area (Å²) in [5, 5.41) is 29.0. The van der Waals surface area contributed by atoms with Crippen molar-refractivity contribution in [1.29, 1.82) is 0 Å². The summed E-state index contributed by atoms with van der Waals surface area (Å²) in [5.74, 6) is -4.38. The van der Waals surface area contributed by atoms with Crippen LogP contribution in [0.4, 0.5) is 0 Å². The Labute approximate surface area is 188 Å². The van der Waals surface area contributed by atoms with Crippen LogP contribution in [0.5, 0.6) is 0 Å². The molecular weight excluding hydrogens is 420 g/mol. The number of hydrogen-bond donors (Lipinski definition) is 6. The highest BCUT2D eigenvalue weighted by atomic mass is 16.4. The first-order chi connectivity index (χ1) is 14.9. The van der Waals surface area contributed by atoms with Gasteiger partial charge < -0.3 is 31.5 Å². The van der Waals surface area contributed by atoms with Gasteiger partial charge in [0.1, 0.15) is 18.1 Å². The van der Waals surface area contributed by atoms with E-state index in [4.69, 9.17) is 5.11 Å². The van der Waals surface area contributed by atoms with E-state index in [9.17, 15) is 29.1 Å². The number of hydrogen-bond acceptors (Lipinski definition) is 6. The number of aliphatic carboxylic acids is 2. The Balaban J connectivity index is 2.90. The van der Waals surface area contributed by atoms with Crippen LogP contribution in [0.15, 0.2) is 0 Å². The van der Waals surface area contributed by atoms with Gasteiger partial charge >= 0.3 is 11.9 Å². The van der Waals surface area contributed by atoms with Gasteiger partial charge in [-0.05, 0) is 44.1 Å². The maximum atomic E-state index is 12.9. The van der Waals surface area contributed by atoms with E-state index in [-0.39, 0.29) is 31.1 Å². The third-order valence-corrected chi connectivity index (χ3v) is 5.23. The fourth-order valence-corrected chi connectivity index (χ4v) is 3.46. The van der Waals surface area contributed by atoms with Crippen molar-refractivity contribution < 1.29 is 34.2 Å². The molecule has 4 unspecified atom stereocenters. The van der Waals surface area contributed by atoms with E-state index in [0.717, 1.165) is 6.42 Å². The molecule has 0 saturated carbocycles. The lowest BCUT2D eigenvalue weighted by molar-refractivity contribution is -0.143. The predicted molar refractivity (Wildman–Crippen MR) is 116 cm³/mol. The van der Waals surface area contributed by atoms with E-state index in [1.165, 1.54) is 0 Å². The average molecular weight is 457 g/mol. The molecule has 0 aromatic carbocycles. The fourth-order valence-electron chi connectivity index (χ4n) is 3.46. The molecule has 11 heteroatoms. The molecule has 11 nitrogen and oxygen atoms in total. The summed E-state index contributed by atoms with van der Waals surface area (Å²) in [6.45, 7) is 7.73. The second-order valence-corrected chi connectivity index (χ2v) is 8.90. The predicted octanol–water partition coefficient (Wildman–Crippen LogP) is -0.156. The Morgan fingerprint density at radius 3 is 2.06 bits per heavy atom. The van der Waals surface area contributed by atoms with E-state index in [1.54, 1.807) is 13.8 Å². The molecule has 0 aliphatic carbocycles. The Morgan fingerprint density at radius 2 is 1.59 bits per heavy atom. The van der Waals surface area contributed by atoms with E-state index >= 15 is 0 Å². The highest BCUT2D eigenvalue weighted by Crippen LogP contribution is 2.10. The second-order valence-electron chi connectivity index (χ2n) is 8.90. The molecule has 1 aliphatic heterocycles. The molecule has 1 fully saturated rings. The van der Waals surface area contributed by atoms with Crippen LogP contribution in [0.25, 0.3) is 0 Å². The molecule has 4 atom stereocenters. The SMILES string of the molecule is CC(C)CC(NC(=O)C(NC(=O)C(CCC(=O)O)NC(=O)C1CCCN1)C(C)C)C(=O)O. The summed E-state index contributed by atoms with van der Waals surface area (Å²) in [6, 6.07) is -3.74. The van der Waals surface area contributed by atoms with Crippen LogP contribution in [-0.4, -0.2) is 70.6 Å². The van der Waals surface area contributed by atoms with Gasteiger partial charge in [-0.1, -0.05) is 27.7 Å². The number of nitrogens with one attached hydrogen (secondary N) is 4. The van der Waals surface area contributed by atoms with Crippen molar-refractivity contribution in [3.05, 3.63) is 0 Å². The van der Waals surface area contributed by atoms with E-state index in [1.807, 2.05) is 13.8 Å². The standard InChI is InChI=1S/C21H36N4O7/c1-11(2)10-15(21(31)32)24-20(30)17(12(3)4)25-19(29)14(7-8-16(26)27)23-18(28)13-6-5-9-22-13/h11-15,17,22H,5-10H2,1-4H3,(H,23,28)(H,24,30)(H,25,29)(H,26,27)(H,31,32). The van der Waals surface area contributed by atoms with Crippen LogP contribution in [-0.2, 0) is 24.0 Å². The normalized spacial score (nSPS) is 18.6. The minimum absolute atomic E-state index is 0.0308. The number of carboxylic acid groups (broad SMARTS) is 2. The van der Waals surface area contributed by atoms with Gasteiger partial charge in [-0.25, -0.2) is 4.79 Å². The highest BCUT2D eigenvalue weighted by molar-refractivity contribution is 5.94. The molecule has 0 aromatic rings. The molecule has 182 valence electrons. The van der Waals surface area contributed by atoms with Gasteiger partial charge in [-0.15, -0.1) is 0 Å². The molecule has 1 heterocycles. The number of carbonyl (C=O) groups is 5. The van der Waals surface area contributed by atoms with Crippen LogP contribution < -0.4 is 21.3 Å². The third kappa shape index (κ3) is 9.21. The van der Waals surface area contributed by atoms with Crippen LogP contribution in [0.3, 0.4) is 0 Å². The van der Waals surface area contributed by atoms with Crippen molar-refractivity contribution in [3.63, 3.8) is 0 Å². The fraction of sp³-hybridized carbons (Fsp3) is 0.762. The first-order valence-electron chi connectivity index (χ1n) is 11.0. The number of carboxylic acids is 2. The van der Waals surface area contributed by atoms with Gasteiger partial charge in [0.15, 0.2) is 0 Å². The molecule has 1 saturated heterocycles. The van der Waals surface area contributed by atoms with Crippen molar-refractivity contribution in [2.45, 2.75) is 84.0 Å². The van der Waals surface area contributed by atoms with Crippen LogP contribution >= 0.6 is 0 Å². The first-order valence-corrected chi connectivity index (χ1v) is 11.0. The average Bonchev–Trinajstić information content (AvgIpc) is 3.22. The summed E-state index contributed by atoms with van der Waals surface area (Å²) < 4.78 is 0. The summed E-state index contributed by atoms with van der Waals surface area (Å²) in [6.07, 6.45) is 1.18. The molecule has 6 N–H and O–H groups in total. The summed E-state index contributed by atoms with van der Waals surface area (Å²) >= 11 is 0. The molecule has 0 bridgehead atoms. The Morgan fingerprint density at radius 1 is 0.938 bits per heavy atom. The zero-order chi connectivity index (χ0) is 24.4. The lowest BCUT2D eigenvalue weighted by Gasteiger charge is -2.27. The second kappa shape index (κ2) is 13.0. The number of carbonyl (C=O) groups excluding carboxylic acids is 3. The minimum atomic E-state index is -1.17. The summed E-state index contributed by atoms with van der Waals surface area (Å²) in [5.41, 5.74) is 0. The zero-order valence-corrected chi connectivity index (χ0v) is 19.1. The van der Waals surface area contributed by atoms with E-state index in [2.05, 4.69) is 21.3 Å². The lowest BCUT2D eigenvalue weighted by Crippen LogP contribution is -2.58. The molecule has 1 aliphatic rings. The Hall–Kier alpha value is -2.69. The molecule has 1 rings (SSSR count). The van der Waals surface area contributed by atoms with Crippen molar-refractivity contribution in [1.82, 2.24) is 21.3 Å². The summed E-state index contributed by atoms with van der Waals surface area (Å²) in [7, 11) is 0. The van der Waals surface area contributed by atoms with Gasteiger partial charge in [-0.3, -0.25) is 19.2 Å². The molecule has 32 heavy (non-hydrogen) atoms. The monoisotopic (exact) mass is 456 g/mol. The maximum absolute atomic E-state index is 12.9. The smallest absolute Gasteiger partial charge is 0.326 e. The largest absolute Gasteiger partial charge is 0.481 e. The quantitative estimate of drug-likeness (QED) is 0.222. The minimum Gasteiger partial charge on any atom is -0.481 e. The topological polar surface area (TPSA) is 174 Å². The molecule has 3 amide bonds. The number of rotatable bonds is 13. The third-order valence-electron chi connectivity index (χ3n) is 5.23. The van der Waals surface area contributed by atoms with Gasteiger partial charge in [-0.2, -0.15) is 0 Å². The Bertz CT molecular complexity index is 690. The molecule has 0 aromatic heterocycles. The van der Waals surface area contributed by atoms with E-state index in [0.29, 0.717) is 13.0 Å². The van der Waals surface area contributed by atoms with Crippen molar-refractivity contribution in [3.8, 4) is 0 Å². The van der Waals surface area contributed by atoms with Gasteiger partial charge in [0.25, 0.3) is 0 Å². The van der Waals surface area contributed by atoms with Gasteiger partial charge in [0.2, 0.25) is 17.7 Å². The molecule has 0 radical (unpaired) electrons. The zero-order valence-electron chi connectivity index (χ0n) is 19.1. The van der Waals surface area contributed by atoms with Crippen LogP contribution in [0.1, 0.15) is 59.8 Å². The maximum Gasteiger partial charge on any atom is 0.326 e. The van der Waals surface area contributed by atoms with E-state index < -0.39 is 53.8 Å². The first kappa shape index (κ1) is 27.3.